The number of benzene rings is 1. The molecule has 0 aliphatic carbocycles. The Hall–Kier alpha value is -0.530. The van der Waals surface area contributed by atoms with Crippen molar-refractivity contribution in [3.8, 4) is 0 Å². The Bertz CT molecular complexity index is 375. The van der Waals surface area contributed by atoms with Crippen molar-refractivity contribution in [1.82, 2.24) is 4.90 Å². The van der Waals surface area contributed by atoms with Gasteiger partial charge in [0.1, 0.15) is 0 Å². The number of hydrogen-bond donors (Lipinski definition) is 0. The summed E-state index contributed by atoms with van der Waals surface area (Å²) in [4.78, 5) is 2.57. The zero-order valence-electron chi connectivity index (χ0n) is 10.9. The van der Waals surface area contributed by atoms with Crippen LogP contribution >= 0.6 is 11.6 Å². The quantitative estimate of drug-likeness (QED) is 0.737. The van der Waals surface area contributed by atoms with Crippen LogP contribution in [0.5, 0.6) is 0 Å². The van der Waals surface area contributed by atoms with Crippen LogP contribution in [0.15, 0.2) is 18.2 Å². The molecule has 0 amide bonds. The molecule has 1 atom stereocenters. The van der Waals surface area contributed by atoms with Crippen LogP contribution in [0.1, 0.15) is 29.5 Å². The van der Waals surface area contributed by atoms with Gasteiger partial charge >= 0.3 is 0 Å². The van der Waals surface area contributed by atoms with Crippen molar-refractivity contribution in [3.63, 3.8) is 0 Å². The van der Waals surface area contributed by atoms with Gasteiger partial charge in [-0.3, -0.25) is 4.90 Å². The summed E-state index contributed by atoms with van der Waals surface area (Å²) in [5.41, 5.74) is 4.26. The number of hydrogen-bond acceptors (Lipinski definition) is 1. The van der Waals surface area contributed by atoms with E-state index < -0.39 is 0 Å². The Morgan fingerprint density at radius 3 is 2.94 bits per heavy atom. The van der Waals surface area contributed by atoms with Crippen LogP contribution in [-0.2, 0) is 6.54 Å². The maximum atomic E-state index is 5.82. The summed E-state index contributed by atoms with van der Waals surface area (Å²) >= 11 is 5.82. The Morgan fingerprint density at radius 2 is 2.18 bits per heavy atom. The van der Waals surface area contributed by atoms with Gasteiger partial charge in [0.05, 0.1) is 0 Å². The molecule has 0 N–H and O–H groups in total. The number of aryl methyl sites for hydroxylation is 2. The first-order valence-electron chi connectivity index (χ1n) is 6.53. The highest BCUT2D eigenvalue weighted by atomic mass is 35.5. The summed E-state index contributed by atoms with van der Waals surface area (Å²) in [6, 6.07) is 6.75. The molecule has 2 heteroatoms. The molecule has 1 aromatic rings. The third-order valence-corrected chi connectivity index (χ3v) is 4.00. The Labute approximate surface area is 110 Å². The Kier molecular flexibility index (Phi) is 4.47. The van der Waals surface area contributed by atoms with Crippen LogP contribution in [0.3, 0.4) is 0 Å². The molecule has 1 saturated heterocycles. The first-order valence-corrected chi connectivity index (χ1v) is 7.07. The van der Waals surface area contributed by atoms with Gasteiger partial charge in [-0.2, -0.15) is 0 Å². The summed E-state index contributed by atoms with van der Waals surface area (Å²) in [5.74, 6) is 1.62. The molecule has 0 spiro atoms. The van der Waals surface area contributed by atoms with Crippen molar-refractivity contribution >= 4 is 11.6 Å². The fourth-order valence-corrected chi connectivity index (χ4v) is 2.97. The predicted octanol–water partition coefficient (Wildman–Crippen LogP) is 3.75. The number of rotatable bonds is 4. The van der Waals surface area contributed by atoms with Crippen molar-refractivity contribution in [3.05, 3.63) is 34.9 Å². The lowest BCUT2D eigenvalue weighted by Crippen LogP contribution is -2.20. The monoisotopic (exact) mass is 251 g/mol. The SMILES string of the molecule is Cc1ccc(C)c(CN2CCC(CCCl)C2)c1. The predicted molar refractivity (Wildman–Crippen MR) is 74.6 cm³/mol. The van der Waals surface area contributed by atoms with Gasteiger partial charge < -0.3 is 0 Å². The highest BCUT2D eigenvalue weighted by Gasteiger charge is 2.22. The number of nitrogens with zero attached hydrogens (tertiary/aromatic N) is 1. The fraction of sp³-hybridized carbons (Fsp3) is 0.600. The number of halogens is 1. The molecule has 1 nitrogen and oxygen atoms in total. The fourth-order valence-electron chi connectivity index (χ4n) is 2.66. The van der Waals surface area contributed by atoms with E-state index in [1.54, 1.807) is 0 Å². The molecule has 1 unspecified atom stereocenters. The normalized spacial score (nSPS) is 21.0. The van der Waals surface area contributed by atoms with Crippen molar-refractivity contribution in [2.24, 2.45) is 5.92 Å². The van der Waals surface area contributed by atoms with Crippen LogP contribution in [0.4, 0.5) is 0 Å². The molecular weight excluding hydrogens is 230 g/mol. The molecule has 0 radical (unpaired) electrons. The van der Waals surface area contributed by atoms with E-state index in [1.807, 2.05) is 0 Å². The minimum absolute atomic E-state index is 0.808. The number of likely N-dealkylation sites (tertiary alicyclic amines) is 1. The standard InChI is InChI=1S/C15H22ClN/c1-12-3-4-13(2)15(9-12)11-17-8-6-14(10-17)5-7-16/h3-4,9,14H,5-8,10-11H2,1-2H3. The molecule has 2 rings (SSSR count). The van der Waals surface area contributed by atoms with Crippen molar-refractivity contribution in [2.45, 2.75) is 33.2 Å². The maximum absolute atomic E-state index is 5.82. The number of alkyl halides is 1. The molecule has 1 aliphatic rings. The smallest absolute Gasteiger partial charge is 0.0236 e. The Balaban J connectivity index is 1.95. The van der Waals surface area contributed by atoms with Crippen molar-refractivity contribution in [2.75, 3.05) is 19.0 Å². The van der Waals surface area contributed by atoms with E-state index in [2.05, 4.69) is 36.9 Å². The van der Waals surface area contributed by atoms with Crippen LogP contribution in [0, 0.1) is 19.8 Å². The summed E-state index contributed by atoms with van der Waals surface area (Å²) in [5, 5.41) is 0. The van der Waals surface area contributed by atoms with Crippen LogP contribution in [-0.4, -0.2) is 23.9 Å². The first-order chi connectivity index (χ1) is 8.19. The largest absolute Gasteiger partial charge is 0.299 e. The molecule has 94 valence electrons. The molecule has 1 aromatic carbocycles. The van der Waals surface area contributed by atoms with E-state index in [1.165, 1.54) is 42.6 Å². The van der Waals surface area contributed by atoms with Gasteiger partial charge in [0.25, 0.3) is 0 Å². The lowest BCUT2D eigenvalue weighted by molar-refractivity contribution is 0.315. The summed E-state index contributed by atoms with van der Waals surface area (Å²) in [6.07, 6.45) is 2.49. The molecule has 17 heavy (non-hydrogen) atoms. The molecule has 0 aromatic heterocycles. The van der Waals surface area contributed by atoms with Gasteiger partial charge in [-0.05, 0) is 50.3 Å². The van der Waals surface area contributed by atoms with Gasteiger partial charge in [-0.15, -0.1) is 11.6 Å². The van der Waals surface area contributed by atoms with Gasteiger partial charge in [0, 0.05) is 19.0 Å². The van der Waals surface area contributed by atoms with Gasteiger partial charge in [0.2, 0.25) is 0 Å². The first kappa shape index (κ1) is 12.9. The van der Waals surface area contributed by atoms with E-state index in [0.29, 0.717) is 0 Å². The van der Waals surface area contributed by atoms with E-state index >= 15 is 0 Å². The Morgan fingerprint density at radius 1 is 1.35 bits per heavy atom. The second kappa shape index (κ2) is 5.88. The molecule has 1 aliphatic heterocycles. The minimum Gasteiger partial charge on any atom is -0.299 e. The summed E-state index contributed by atoms with van der Waals surface area (Å²) in [7, 11) is 0. The molecule has 0 bridgehead atoms. The van der Waals surface area contributed by atoms with E-state index in [-0.39, 0.29) is 0 Å². The average Bonchev–Trinajstić information content (AvgIpc) is 2.72. The average molecular weight is 252 g/mol. The van der Waals surface area contributed by atoms with Crippen LogP contribution < -0.4 is 0 Å². The third-order valence-electron chi connectivity index (χ3n) is 3.79. The lowest BCUT2D eigenvalue weighted by Gasteiger charge is -2.17. The molecule has 0 saturated carbocycles. The van der Waals surface area contributed by atoms with Crippen LogP contribution in [0.25, 0.3) is 0 Å². The topological polar surface area (TPSA) is 3.24 Å². The molecular formula is C15H22ClN. The lowest BCUT2D eigenvalue weighted by atomic mass is 10.1. The molecule has 1 fully saturated rings. The second-order valence-corrected chi connectivity index (χ2v) is 5.68. The highest BCUT2D eigenvalue weighted by molar-refractivity contribution is 6.17. The minimum atomic E-state index is 0.808. The van der Waals surface area contributed by atoms with Gasteiger partial charge in [-0.25, -0.2) is 0 Å². The second-order valence-electron chi connectivity index (χ2n) is 5.30. The summed E-state index contributed by atoms with van der Waals surface area (Å²) < 4.78 is 0. The van der Waals surface area contributed by atoms with Gasteiger partial charge in [-0.1, -0.05) is 23.8 Å². The van der Waals surface area contributed by atoms with E-state index in [9.17, 15) is 0 Å². The molecule has 1 heterocycles. The van der Waals surface area contributed by atoms with E-state index in [0.717, 1.165) is 18.3 Å². The zero-order valence-corrected chi connectivity index (χ0v) is 11.6. The highest BCUT2D eigenvalue weighted by Crippen LogP contribution is 2.23. The third kappa shape index (κ3) is 3.46. The van der Waals surface area contributed by atoms with Gasteiger partial charge in [0.15, 0.2) is 0 Å². The van der Waals surface area contributed by atoms with E-state index in [4.69, 9.17) is 11.6 Å². The maximum Gasteiger partial charge on any atom is 0.0236 e. The van der Waals surface area contributed by atoms with Crippen molar-refractivity contribution < 1.29 is 0 Å². The summed E-state index contributed by atoms with van der Waals surface area (Å²) in [6.45, 7) is 7.94. The van der Waals surface area contributed by atoms with Crippen molar-refractivity contribution in [1.29, 1.82) is 0 Å². The van der Waals surface area contributed by atoms with Crippen LogP contribution in [0.2, 0.25) is 0 Å². The zero-order chi connectivity index (χ0) is 12.3.